The molecule has 6 nitrogen and oxygen atoms in total. The van der Waals surface area contributed by atoms with Gasteiger partial charge < -0.3 is 15.2 Å². The van der Waals surface area contributed by atoms with Gasteiger partial charge in [0.15, 0.2) is 0 Å². The van der Waals surface area contributed by atoms with Crippen LogP contribution in [0.2, 0.25) is 0 Å². The number of nitrogens with zero attached hydrogens (tertiary/aromatic N) is 2. The first-order valence-corrected chi connectivity index (χ1v) is 13.2. The van der Waals surface area contributed by atoms with Gasteiger partial charge in [-0.05, 0) is 47.5 Å². The zero-order valence-corrected chi connectivity index (χ0v) is 21.6. The molecule has 2 heterocycles. The van der Waals surface area contributed by atoms with E-state index in [0.29, 0.717) is 29.8 Å². The van der Waals surface area contributed by atoms with Gasteiger partial charge in [0.05, 0.1) is 11.4 Å². The first kappa shape index (κ1) is 24.4. The van der Waals surface area contributed by atoms with Crippen LogP contribution in [0.15, 0.2) is 103 Å². The third kappa shape index (κ3) is 4.73. The van der Waals surface area contributed by atoms with Gasteiger partial charge in [0, 0.05) is 47.5 Å². The topological polar surface area (TPSA) is 78.1 Å². The predicted octanol–water partition coefficient (Wildman–Crippen LogP) is 6.76. The van der Waals surface area contributed by atoms with Crippen molar-refractivity contribution in [2.45, 2.75) is 19.8 Å². The Morgan fingerprint density at radius 2 is 1.54 bits per heavy atom. The van der Waals surface area contributed by atoms with E-state index < -0.39 is 0 Å². The molecule has 4 aromatic carbocycles. The average molecular weight is 513 g/mol. The van der Waals surface area contributed by atoms with E-state index in [-0.39, 0.29) is 11.8 Å². The number of aromatic amines is 1. The van der Waals surface area contributed by atoms with Crippen LogP contribution < -0.4 is 10.2 Å². The number of anilines is 2. The van der Waals surface area contributed by atoms with Crippen molar-refractivity contribution in [1.29, 1.82) is 0 Å². The third-order valence-electron chi connectivity index (χ3n) is 7.09. The molecule has 5 aromatic rings. The Balaban J connectivity index is 1.23. The number of rotatable bonds is 5. The molecule has 0 fully saturated rings. The summed E-state index contributed by atoms with van der Waals surface area (Å²) in [6.45, 7) is 2.62. The lowest BCUT2D eigenvalue weighted by Crippen LogP contribution is -2.32. The molecule has 1 aromatic heterocycles. The fourth-order valence-electron chi connectivity index (χ4n) is 5.10. The van der Waals surface area contributed by atoms with E-state index in [1.807, 2.05) is 83.8 Å². The van der Waals surface area contributed by atoms with Crippen molar-refractivity contribution < 1.29 is 9.59 Å². The lowest BCUT2D eigenvalue weighted by molar-refractivity contribution is 0.0986. The van der Waals surface area contributed by atoms with Gasteiger partial charge >= 0.3 is 0 Å². The number of nitrogens with one attached hydrogen (secondary N) is 2. The van der Waals surface area contributed by atoms with Gasteiger partial charge in [0.2, 0.25) is 0 Å². The van der Waals surface area contributed by atoms with E-state index in [4.69, 9.17) is 4.98 Å². The van der Waals surface area contributed by atoms with Crippen LogP contribution in [0.3, 0.4) is 0 Å². The monoisotopic (exact) mass is 512 g/mol. The summed E-state index contributed by atoms with van der Waals surface area (Å²) in [5, 5.41) is 2.98. The van der Waals surface area contributed by atoms with Crippen LogP contribution in [0.4, 0.5) is 11.4 Å². The zero-order valence-electron chi connectivity index (χ0n) is 21.6. The Bertz CT molecular complexity index is 1660. The van der Waals surface area contributed by atoms with Gasteiger partial charge in [-0.25, -0.2) is 4.98 Å². The lowest BCUT2D eigenvalue weighted by atomic mass is 9.99. The van der Waals surface area contributed by atoms with Crippen LogP contribution in [0, 0.1) is 0 Å². The first-order valence-electron chi connectivity index (χ1n) is 13.2. The molecule has 0 saturated heterocycles. The van der Waals surface area contributed by atoms with Crippen LogP contribution in [0.1, 0.15) is 39.2 Å². The maximum Gasteiger partial charge on any atom is 0.258 e. The van der Waals surface area contributed by atoms with Crippen molar-refractivity contribution in [3.63, 3.8) is 0 Å². The minimum atomic E-state index is -0.199. The van der Waals surface area contributed by atoms with Crippen LogP contribution >= 0.6 is 0 Å². The summed E-state index contributed by atoms with van der Waals surface area (Å²) < 4.78 is 0. The number of carbonyl (C=O) groups excluding carboxylic acids is 2. The van der Waals surface area contributed by atoms with Crippen molar-refractivity contribution in [3.8, 4) is 22.4 Å². The SMILES string of the molecule is CCc1nc2c([nH]1)CCN(C(=O)c1ccc(NC(=O)c3ccccc3-c3ccccc3)cc1)c1ccccc1-2. The number of imidazole rings is 1. The molecule has 6 rings (SSSR count). The Hall–Kier alpha value is -4.97. The Morgan fingerprint density at radius 1 is 0.846 bits per heavy atom. The van der Waals surface area contributed by atoms with Crippen LogP contribution in [-0.2, 0) is 12.8 Å². The maximum absolute atomic E-state index is 13.7. The normalized spacial score (nSPS) is 12.3. The number of hydrogen-bond acceptors (Lipinski definition) is 3. The molecule has 0 unspecified atom stereocenters. The number of H-pyrrole nitrogens is 1. The number of amides is 2. The number of aromatic nitrogens is 2. The van der Waals surface area contributed by atoms with E-state index in [0.717, 1.165) is 46.0 Å². The molecule has 0 saturated carbocycles. The molecule has 2 N–H and O–H groups in total. The molecule has 0 aliphatic carbocycles. The van der Waals surface area contributed by atoms with Crippen molar-refractivity contribution in [2.24, 2.45) is 0 Å². The first-order chi connectivity index (χ1) is 19.1. The molecule has 2 amide bonds. The number of carbonyl (C=O) groups is 2. The molecular weight excluding hydrogens is 484 g/mol. The van der Waals surface area contributed by atoms with Crippen molar-refractivity contribution in [2.75, 3.05) is 16.8 Å². The standard InChI is InChI=1S/C33H28N4O2/c1-2-30-35-28-20-21-37(29-15-9-8-14-27(29)31(28)36-30)33(39)23-16-18-24(19-17-23)34-32(38)26-13-7-6-12-25(26)22-10-4-3-5-11-22/h3-19H,2,20-21H2,1H3,(H,34,38)(H,35,36). The highest BCUT2D eigenvalue weighted by Gasteiger charge is 2.27. The molecular formula is C33H28N4O2. The summed E-state index contributed by atoms with van der Waals surface area (Å²) in [5.74, 6) is 0.671. The smallest absolute Gasteiger partial charge is 0.258 e. The molecule has 1 aliphatic heterocycles. The summed E-state index contributed by atoms with van der Waals surface area (Å²) in [6.07, 6.45) is 1.52. The van der Waals surface area contributed by atoms with Gasteiger partial charge in [-0.15, -0.1) is 0 Å². The average Bonchev–Trinajstić information content (AvgIpc) is 3.35. The van der Waals surface area contributed by atoms with Crippen LogP contribution in [0.25, 0.3) is 22.4 Å². The number of aryl methyl sites for hydroxylation is 1. The largest absolute Gasteiger partial charge is 0.345 e. The van der Waals surface area contributed by atoms with Gasteiger partial charge in [0.1, 0.15) is 5.82 Å². The zero-order chi connectivity index (χ0) is 26.8. The summed E-state index contributed by atoms with van der Waals surface area (Å²) in [7, 11) is 0. The fraction of sp³-hybridized carbons (Fsp3) is 0.121. The van der Waals surface area contributed by atoms with E-state index in [1.54, 1.807) is 24.3 Å². The number of fused-ring (bicyclic) bond motifs is 3. The quantitative estimate of drug-likeness (QED) is 0.273. The minimum Gasteiger partial charge on any atom is -0.345 e. The number of hydrogen-bond donors (Lipinski definition) is 2. The minimum absolute atomic E-state index is 0.0874. The Morgan fingerprint density at radius 3 is 2.31 bits per heavy atom. The molecule has 192 valence electrons. The van der Waals surface area contributed by atoms with Gasteiger partial charge in [-0.1, -0.05) is 73.7 Å². The van der Waals surface area contributed by atoms with Gasteiger partial charge in [-0.2, -0.15) is 0 Å². The second kappa shape index (κ2) is 10.4. The summed E-state index contributed by atoms with van der Waals surface area (Å²) in [6, 6.07) is 32.4. The number of benzene rings is 4. The van der Waals surface area contributed by atoms with Gasteiger partial charge in [-0.3, -0.25) is 9.59 Å². The highest BCUT2D eigenvalue weighted by atomic mass is 16.2. The molecule has 0 radical (unpaired) electrons. The van der Waals surface area contributed by atoms with E-state index in [2.05, 4.69) is 17.2 Å². The third-order valence-corrected chi connectivity index (χ3v) is 7.09. The van der Waals surface area contributed by atoms with Crippen LogP contribution in [0.5, 0.6) is 0 Å². The molecule has 0 spiro atoms. The summed E-state index contributed by atoms with van der Waals surface area (Å²) in [4.78, 5) is 36.9. The number of para-hydroxylation sites is 1. The molecule has 6 heteroatoms. The van der Waals surface area contributed by atoms with Crippen LogP contribution in [-0.4, -0.2) is 28.3 Å². The fourth-order valence-corrected chi connectivity index (χ4v) is 5.10. The molecule has 1 aliphatic rings. The summed E-state index contributed by atoms with van der Waals surface area (Å²) in [5.41, 5.74) is 7.41. The van der Waals surface area contributed by atoms with Crippen molar-refractivity contribution in [3.05, 3.63) is 126 Å². The van der Waals surface area contributed by atoms with Crippen molar-refractivity contribution >= 4 is 23.2 Å². The van der Waals surface area contributed by atoms with Gasteiger partial charge in [0.25, 0.3) is 11.8 Å². The predicted molar refractivity (Wildman–Crippen MR) is 155 cm³/mol. The Labute approximate surface area is 227 Å². The highest BCUT2D eigenvalue weighted by molar-refractivity contribution is 6.10. The van der Waals surface area contributed by atoms with E-state index in [9.17, 15) is 9.59 Å². The maximum atomic E-state index is 13.7. The summed E-state index contributed by atoms with van der Waals surface area (Å²) >= 11 is 0. The second-order valence-corrected chi connectivity index (χ2v) is 9.53. The van der Waals surface area contributed by atoms with Crippen molar-refractivity contribution in [1.82, 2.24) is 9.97 Å². The molecule has 0 bridgehead atoms. The second-order valence-electron chi connectivity index (χ2n) is 9.53. The highest BCUT2D eigenvalue weighted by Crippen LogP contribution is 2.36. The molecule has 0 atom stereocenters. The lowest BCUT2D eigenvalue weighted by Gasteiger charge is -2.23. The molecule has 39 heavy (non-hydrogen) atoms. The van der Waals surface area contributed by atoms with E-state index in [1.165, 1.54) is 0 Å². The Kier molecular flexibility index (Phi) is 6.51. The van der Waals surface area contributed by atoms with E-state index >= 15 is 0 Å².